The second-order valence-electron chi connectivity index (χ2n) is 7.11. The van der Waals surface area contributed by atoms with Gasteiger partial charge in [0.05, 0.1) is 18.3 Å². The molecule has 4 aromatic rings. The minimum Gasteiger partial charge on any atom is -0.394 e. The molecule has 0 unspecified atom stereocenters. The Morgan fingerprint density at radius 2 is 2.14 bits per heavy atom. The Balaban J connectivity index is 1.57. The number of H-pyrrole nitrogens is 1. The normalized spacial score (nSPS) is 12.7. The first-order valence-electron chi connectivity index (χ1n) is 9.24. The van der Waals surface area contributed by atoms with Crippen LogP contribution in [0.15, 0.2) is 42.9 Å². The number of aromatic amines is 1. The summed E-state index contributed by atoms with van der Waals surface area (Å²) in [6.45, 7) is 3.87. The molecule has 8 heteroatoms. The number of amides is 1. The van der Waals surface area contributed by atoms with Crippen molar-refractivity contribution in [1.29, 1.82) is 0 Å². The monoisotopic (exact) mass is 378 g/mol. The number of carbonyl (C=O) groups excluding carboxylic acids is 1. The predicted molar refractivity (Wildman–Crippen MR) is 105 cm³/mol. The van der Waals surface area contributed by atoms with Crippen LogP contribution in [0.2, 0.25) is 0 Å². The van der Waals surface area contributed by atoms with E-state index in [0.717, 1.165) is 22.2 Å². The molecule has 0 bridgehead atoms. The highest BCUT2D eigenvalue weighted by Gasteiger charge is 2.19. The van der Waals surface area contributed by atoms with E-state index in [2.05, 4.69) is 25.4 Å². The summed E-state index contributed by atoms with van der Waals surface area (Å²) in [6, 6.07) is 9.25. The third-order valence-corrected chi connectivity index (χ3v) is 4.80. The van der Waals surface area contributed by atoms with E-state index in [9.17, 15) is 9.90 Å². The molecular weight excluding hydrogens is 356 g/mol. The smallest absolute Gasteiger partial charge is 0.270 e. The Kier molecular flexibility index (Phi) is 4.79. The van der Waals surface area contributed by atoms with Crippen LogP contribution in [0.3, 0.4) is 0 Å². The molecule has 0 saturated carbocycles. The molecule has 1 atom stereocenters. The Labute approximate surface area is 161 Å². The van der Waals surface area contributed by atoms with Crippen LogP contribution >= 0.6 is 0 Å². The van der Waals surface area contributed by atoms with E-state index in [1.165, 1.54) is 6.33 Å². The number of carbonyl (C=O) groups is 1. The van der Waals surface area contributed by atoms with Crippen LogP contribution in [-0.4, -0.2) is 48.2 Å². The van der Waals surface area contributed by atoms with Crippen LogP contribution in [0, 0.1) is 0 Å². The van der Waals surface area contributed by atoms with Crippen molar-refractivity contribution < 1.29 is 9.90 Å². The van der Waals surface area contributed by atoms with Crippen LogP contribution in [0.4, 0.5) is 0 Å². The van der Waals surface area contributed by atoms with Crippen molar-refractivity contribution in [2.45, 2.75) is 32.2 Å². The molecule has 8 nitrogen and oxygen atoms in total. The molecule has 3 heterocycles. The maximum absolute atomic E-state index is 12.8. The second kappa shape index (κ2) is 7.40. The van der Waals surface area contributed by atoms with E-state index in [4.69, 9.17) is 0 Å². The van der Waals surface area contributed by atoms with Crippen molar-refractivity contribution >= 4 is 22.6 Å². The molecule has 0 aliphatic carbocycles. The van der Waals surface area contributed by atoms with E-state index < -0.39 is 6.04 Å². The number of rotatable bonds is 6. The second-order valence-corrected chi connectivity index (χ2v) is 7.11. The van der Waals surface area contributed by atoms with Gasteiger partial charge in [0.1, 0.15) is 12.0 Å². The van der Waals surface area contributed by atoms with Crippen molar-refractivity contribution in [3.63, 3.8) is 0 Å². The number of benzene rings is 1. The molecule has 0 saturated heterocycles. The minimum absolute atomic E-state index is 0.151. The van der Waals surface area contributed by atoms with Crippen molar-refractivity contribution in [3.05, 3.63) is 59.8 Å². The summed E-state index contributed by atoms with van der Waals surface area (Å²) in [5.41, 5.74) is 3.19. The van der Waals surface area contributed by atoms with Crippen molar-refractivity contribution in [2.24, 2.45) is 0 Å². The van der Waals surface area contributed by atoms with Gasteiger partial charge in [-0.25, -0.2) is 9.50 Å². The topological polar surface area (TPSA) is 108 Å². The fourth-order valence-corrected chi connectivity index (χ4v) is 3.35. The van der Waals surface area contributed by atoms with Gasteiger partial charge < -0.3 is 15.4 Å². The lowest BCUT2D eigenvalue weighted by atomic mass is 10.0. The van der Waals surface area contributed by atoms with Crippen molar-refractivity contribution in [2.75, 3.05) is 6.61 Å². The fourth-order valence-electron chi connectivity index (χ4n) is 3.35. The molecule has 1 amide bonds. The number of hydrogen-bond donors (Lipinski definition) is 3. The molecule has 0 aliphatic heterocycles. The molecule has 3 aromatic heterocycles. The van der Waals surface area contributed by atoms with Gasteiger partial charge in [-0.15, -0.1) is 0 Å². The number of nitrogens with zero attached hydrogens (tertiary/aromatic N) is 4. The number of fused-ring (bicyclic) bond motifs is 2. The summed E-state index contributed by atoms with van der Waals surface area (Å²) < 4.78 is 1.64. The fraction of sp³-hybridized carbons (Fsp3) is 0.300. The van der Waals surface area contributed by atoms with E-state index in [-0.39, 0.29) is 24.1 Å². The SMILES string of the molecule is CC(C)c1cc(C(=O)N[C@H](CO)Cc2c[nH]c3ccccc23)nc2ncnn12. The van der Waals surface area contributed by atoms with Gasteiger partial charge in [-0.2, -0.15) is 10.1 Å². The average molecular weight is 378 g/mol. The van der Waals surface area contributed by atoms with Crippen LogP contribution in [-0.2, 0) is 6.42 Å². The number of aliphatic hydroxyl groups is 1. The van der Waals surface area contributed by atoms with Crippen LogP contribution in [0.5, 0.6) is 0 Å². The Morgan fingerprint density at radius 1 is 1.32 bits per heavy atom. The third-order valence-electron chi connectivity index (χ3n) is 4.80. The molecule has 4 rings (SSSR count). The van der Waals surface area contributed by atoms with Gasteiger partial charge in [-0.3, -0.25) is 4.79 Å². The Morgan fingerprint density at radius 3 is 2.93 bits per heavy atom. The van der Waals surface area contributed by atoms with Gasteiger partial charge in [0, 0.05) is 17.1 Å². The Bertz CT molecular complexity index is 1130. The van der Waals surface area contributed by atoms with E-state index in [1.54, 1.807) is 10.6 Å². The van der Waals surface area contributed by atoms with Crippen LogP contribution in [0.25, 0.3) is 16.7 Å². The standard InChI is InChI=1S/C20H22N6O2/c1-12(2)18-8-17(25-20-22-11-23-26(18)20)19(28)24-14(10-27)7-13-9-21-16-6-4-3-5-15(13)16/h3-6,8-9,11-12,14,21,27H,7,10H2,1-2H3,(H,24,28)/t14-/m0/s1. The first kappa shape index (κ1) is 18.1. The molecule has 3 N–H and O–H groups in total. The van der Waals surface area contributed by atoms with Gasteiger partial charge >= 0.3 is 0 Å². The lowest BCUT2D eigenvalue weighted by Crippen LogP contribution is -2.39. The first-order chi connectivity index (χ1) is 13.6. The maximum Gasteiger partial charge on any atom is 0.270 e. The lowest BCUT2D eigenvalue weighted by molar-refractivity contribution is 0.0911. The minimum atomic E-state index is -0.426. The largest absolute Gasteiger partial charge is 0.394 e. The van der Waals surface area contributed by atoms with E-state index in [0.29, 0.717) is 12.2 Å². The highest BCUT2D eigenvalue weighted by atomic mass is 16.3. The quantitative estimate of drug-likeness (QED) is 0.476. The van der Waals surface area contributed by atoms with Crippen LogP contribution < -0.4 is 5.32 Å². The summed E-state index contributed by atoms with van der Waals surface area (Å²) in [6.07, 6.45) is 3.84. The first-order valence-corrected chi connectivity index (χ1v) is 9.24. The molecule has 0 radical (unpaired) electrons. The van der Waals surface area contributed by atoms with Gasteiger partial charge in [-0.1, -0.05) is 32.0 Å². The lowest BCUT2D eigenvalue weighted by Gasteiger charge is -2.16. The van der Waals surface area contributed by atoms with E-state index in [1.807, 2.05) is 44.3 Å². The van der Waals surface area contributed by atoms with Crippen molar-refractivity contribution in [1.82, 2.24) is 29.9 Å². The molecule has 0 spiro atoms. The third kappa shape index (κ3) is 3.34. The zero-order chi connectivity index (χ0) is 19.7. The summed E-state index contributed by atoms with van der Waals surface area (Å²) in [5.74, 6) is 0.193. The summed E-state index contributed by atoms with van der Waals surface area (Å²) >= 11 is 0. The maximum atomic E-state index is 12.8. The van der Waals surface area contributed by atoms with Gasteiger partial charge in [-0.05, 0) is 30.0 Å². The molecular formula is C20H22N6O2. The number of nitrogens with one attached hydrogen (secondary N) is 2. The molecule has 0 aliphatic rings. The van der Waals surface area contributed by atoms with E-state index >= 15 is 0 Å². The Hall–Kier alpha value is -3.26. The molecule has 0 fully saturated rings. The molecule has 1 aromatic carbocycles. The molecule has 144 valence electrons. The van der Waals surface area contributed by atoms with Crippen LogP contribution in [0.1, 0.15) is 41.5 Å². The highest BCUT2D eigenvalue weighted by molar-refractivity contribution is 5.93. The summed E-state index contributed by atoms with van der Waals surface area (Å²) in [4.78, 5) is 24.4. The van der Waals surface area contributed by atoms with Gasteiger partial charge in [0.2, 0.25) is 0 Å². The zero-order valence-electron chi connectivity index (χ0n) is 15.8. The number of aliphatic hydroxyl groups excluding tert-OH is 1. The number of hydrogen-bond acceptors (Lipinski definition) is 5. The van der Waals surface area contributed by atoms with Crippen molar-refractivity contribution in [3.8, 4) is 0 Å². The van der Waals surface area contributed by atoms with Gasteiger partial charge in [0.25, 0.3) is 11.7 Å². The predicted octanol–water partition coefficient (Wildman–Crippen LogP) is 2.06. The summed E-state index contributed by atoms with van der Waals surface area (Å²) in [7, 11) is 0. The zero-order valence-corrected chi connectivity index (χ0v) is 15.8. The van der Waals surface area contributed by atoms with Gasteiger partial charge in [0.15, 0.2) is 0 Å². The average Bonchev–Trinajstić information content (AvgIpc) is 3.33. The molecule has 28 heavy (non-hydrogen) atoms. The number of para-hydroxylation sites is 1. The highest BCUT2D eigenvalue weighted by Crippen LogP contribution is 2.19. The number of aromatic nitrogens is 5. The summed E-state index contributed by atoms with van der Waals surface area (Å²) in [5, 5.41) is 17.9.